The molecule has 0 aliphatic carbocycles. The number of aliphatic carboxylic acids is 2. The molecule has 1 heterocycles. The van der Waals surface area contributed by atoms with Crippen LogP contribution in [-0.4, -0.2) is 58.6 Å². The van der Waals surface area contributed by atoms with Crippen LogP contribution in [0.5, 0.6) is 0 Å². The van der Waals surface area contributed by atoms with Crippen LogP contribution in [0.4, 0.5) is 4.79 Å². The molecule has 106 valence electrons. The molecular formula is C10H15N3O6. The Balaban J connectivity index is 2.61. The fraction of sp³-hybridized carbons (Fsp3) is 0.600. The summed E-state index contributed by atoms with van der Waals surface area (Å²) in [5, 5.41) is 19.8. The van der Waals surface area contributed by atoms with Crippen molar-refractivity contribution < 1.29 is 29.4 Å². The van der Waals surface area contributed by atoms with Crippen LogP contribution in [0.15, 0.2) is 0 Å². The maximum atomic E-state index is 11.3. The van der Waals surface area contributed by atoms with Crippen LogP contribution in [0.2, 0.25) is 0 Å². The number of primary amides is 1. The maximum Gasteiger partial charge on any atom is 0.318 e. The average Bonchev–Trinajstić information content (AvgIpc) is 2.27. The van der Waals surface area contributed by atoms with Crippen molar-refractivity contribution in [3.05, 3.63) is 0 Å². The number of carbonyl (C=O) groups excluding carboxylic acids is 2. The van der Waals surface area contributed by atoms with Crippen molar-refractivity contribution in [2.45, 2.75) is 6.42 Å². The number of nitrogens with two attached hydrogens (primary N) is 1. The van der Waals surface area contributed by atoms with E-state index < -0.39 is 35.7 Å². The van der Waals surface area contributed by atoms with Gasteiger partial charge in [-0.05, 0) is 13.0 Å². The van der Waals surface area contributed by atoms with E-state index in [4.69, 9.17) is 15.9 Å². The number of imide groups is 1. The van der Waals surface area contributed by atoms with E-state index in [-0.39, 0.29) is 26.1 Å². The minimum Gasteiger partial charge on any atom is -0.481 e. The lowest BCUT2D eigenvalue weighted by Crippen LogP contribution is -2.50. The van der Waals surface area contributed by atoms with Crippen molar-refractivity contribution >= 4 is 23.9 Å². The Morgan fingerprint density at radius 3 is 2.21 bits per heavy atom. The van der Waals surface area contributed by atoms with E-state index in [1.165, 1.54) is 4.90 Å². The molecule has 0 bridgehead atoms. The number of rotatable bonds is 4. The number of piperidine rings is 1. The minimum absolute atomic E-state index is 0.0571. The van der Waals surface area contributed by atoms with Gasteiger partial charge in [-0.15, -0.1) is 0 Å². The summed E-state index contributed by atoms with van der Waals surface area (Å²) < 4.78 is 0. The zero-order valence-corrected chi connectivity index (χ0v) is 10.0. The van der Waals surface area contributed by atoms with Crippen molar-refractivity contribution in [2.24, 2.45) is 17.6 Å². The number of nitrogens with zero attached hydrogens (tertiary/aromatic N) is 1. The van der Waals surface area contributed by atoms with E-state index in [9.17, 15) is 19.2 Å². The van der Waals surface area contributed by atoms with Gasteiger partial charge in [0, 0.05) is 6.54 Å². The maximum absolute atomic E-state index is 11.3. The van der Waals surface area contributed by atoms with Gasteiger partial charge in [0.1, 0.15) is 0 Å². The number of urea groups is 1. The molecule has 0 spiro atoms. The van der Waals surface area contributed by atoms with Crippen LogP contribution >= 0.6 is 0 Å². The quantitative estimate of drug-likeness (QED) is 0.476. The van der Waals surface area contributed by atoms with Gasteiger partial charge in [0.05, 0.1) is 18.4 Å². The smallest absolute Gasteiger partial charge is 0.318 e. The van der Waals surface area contributed by atoms with Gasteiger partial charge in [-0.1, -0.05) is 0 Å². The fourth-order valence-corrected chi connectivity index (χ4v) is 2.09. The van der Waals surface area contributed by atoms with Crippen molar-refractivity contribution in [2.75, 3.05) is 19.6 Å². The van der Waals surface area contributed by atoms with Gasteiger partial charge in [-0.2, -0.15) is 0 Å². The average molecular weight is 273 g/mol. The molecule has 9 nitrogen and oxygen atoms in total. The van der Waals surface area contributed by atoms with Gasteiger partial charge in [-0.3, -0.25) is 24.6 Å². The van der Waals surface area contributed by atoms with Crippen LogP contribution in [0.1, 0.15) is 6.42 Å². The zero-order valence-electron chi connectivity index (χ0n) is 10.0. The van der Waals surface area contributed by atoms with Gasteiger partial charge >= 0.3 is 18.0 Å². The summed E-state index contributed by atoms with van der Waals surface area (Å²) in [4.78, 5) is 45.2. The van der Waals surface area contributed by atoms with E-state index in [1.807, 2.05) is 5.32 Å². The summed E-state index contributed by atoms with van der Waals surface area (Å²) in [5.41, 5.74) is 4.77. The fourth-order valence-electron chi connectivity index (χ4n) is 2.09. The molecule has 3 amide bonds. The molecule has 0 aromatic rings. The van der Waals surface area contributed by atoms with Gasteiger partial charge in [0.25, 0.3) is 0 Å². The Hall–Kier alpha value is -2.16. The Kier molecular flexibility index (Phi) is 4.81. The molecule has 5 N–H and O–H groups in total. The third kappa shape index (κ3) is 4.21. The van der Waals surface area contributed by atoms with Crippen molar-refractivity contribution in [1.29, 1.82) is 0 Å². The topological polar surface area (TPSA) is 150 Å². The second-order valence-corrected chi connectivity index (χ2v) is 4.33. The summed E-state index contributed by atoms with van der Waals surface area (Å²) in [5.74, 6) is -5.06. The molecule has 9 heteroatoms. The monoisotopic (exact) mass is 273 g/mol. The summed E-state index contributed by atoms with van der Waals surface area (Å²) in [6.07, 6.45) is 0.135. The SMILES string of the molecule is NC(=O)NC(=O)CN1CCC(C(=O)O)C(C(=O)O)C1. The first-order valence-corrected chi connectivity index (χ1v) is 5.58. The number of likely N-dealkylation sites (tertiary alicyclic amines) is 1. The second kappa shape index (κ2) is 6.14. The van der Waals surface area contributed by atoms with Gasteiger partial charge in [0.2, 0.25) is 5.91 Å². The third-order valence-corrected chi connectivity index (χ3v) is 2.96. The first kappa shape index (κ1) is 14.9. The number of nitrogens with one attached hydrogen (secondary N) is 1. The number of carbonyl (C=O) groups is 4. The Labute approximate surface area is 108 Å². The van der Waals surface area contributed by atoms with Crippen LogP contribution in [0.3, 0.4) is 0 Å². The molecule has 2 atom stereocenters. The van der Waals surface area contributed by atoms with E-state index in [2.05, 4.69) is 0 Å². The Morgan fingerprint density at radius 1 is 1.16 bits per heavy atom. The standard InChI is InChI=1S/C10H15N3O6/c11-10(19)12-7(14)4-13-2-1-5(8(15)16)6(3-13)9(17)18/h5-6H,1-4H2,(H,15,16)(H,17,18)(H3,11,12,14,19). The number of amides is 3. The van der Waals surface area contributed by atoms with E-state index in [1.54, 1.807) is 0 Å². The predicted molar refractivity (Wildman–Crippen MR) is 61.0 cm³/mol. The highest BCUT2D eigenvalue weighted by atomic mass is 16.4. The van der Waals surface area contributed by atoms with Crippen LogP contribution in [0, 0.1) is 11.8 Å². The summed E-state index contributed by atoms with van der Waals surface area (Å²) >= 11 is 0. The van der Waals surface area contributed by atoms with Crippen molar-refractivity contribution in [1.82, 2.24) is 10.2 Å². The molecule has 0 aromatic carbocycles. The Bertz CT molecular complexity index is 410. The second-order valence-electron chi connectivity index (χ2n) is 4.33. The molecule has 0 saturated carbocycles. The lowest BCUT2D eigenvalue weighted by Gasteiger charge is -2.33. The van der Waals surface area contributed by atoms with Crippen LogP contribution in [0.25, 0.3) is 0 Å². The number of carboxylic acids is 2. The van der Waals surface area contributed by atoms with E-state index in [0.717, 1.165) is 0 Å². The van der Waals surface area contributed by atoms with Gasteiger partial charge in [-0.25, -0.2) is 4.79 Å². The normalized spacial score (nSPS) is 23.6. The lowest BCUT2D eigenvalue weighted by molar-refractivity contribution is -0.157. The third-order valence-electron chi connectivity index (χ3n) is 2.96. The molecule has 1 rings (SSSR count). The van der Waals surface area contributed by atoms with Crippen LogP contribution < -0.4 is 11.1 Å². The summed E-state index contributed by atoms with van der Waals surface area (Å²) in [6.45, 7) is 0.0183. The predicted octanol–water partition coefficient (Wildman–Crippen LogP) is -1.71. The molecule has 1 aliphatic heterocycles. The minimum atomic E-state index is -1.22. The first-order chi connectivity index (χ1) is 8.81. The van der Waals surface area contributed by atoms with E-state index >= 15 is 0 Å². The van der Waals surface area contributed by atoms with Crippen molar-refractivity contribution in [3.8, 4) is 0 Å². The molecule has 19 heavy (non-hydrogen) atoms. The van der Waals surface area contributed by atoms with Crippen molar-refractivity contribution in [3.63, 3.8) is 0 Å². The number of hydrogen-bond acceptors (Lipinski definition) is 5. The molecule has 1 fully saturated rings. The molecule has 1 saturated heterocycles. The van der Waals surface area contributed by atoms with Gasteiger partial charge < -0.3 is 15.9 Å². The highest BCUT2D eigenvalue weighted by Gasteiger charge is 2.39. The summed E-state index contributed by atoms with van der Waals surface area (Å²) in [6, 6.07) is -0.986. The molecule has 0 aromatic heterocycles. The number of carboxylic acid groups (broad SMARTS) is 2. The number of hydrogen-bond donors (Lipinski definition) is 4. The molecule has 0 radical (unpaired) electrons. The van der Waals surface area contributed by atoms with E-state index in [0.29, 0.717) is 0 Å². The Morgan fingerprint density at radius 2 is 1.74 bits per heavy atom. The summed E-state index contributed by atoms with van der Waals surface area (Å²) in [7, 11) is 0. The largest absolute Gasteiger partial charge is 0.481 e. The molecule has 2 unspecified atom stereocenters. The lowest BCUT2D eigenvalue weighted by atomic mass is 9.85. The first-order valence-electron chi connectivity index (χ1n) is 5.58. The highest BCUT2D eigenvalue weighted by molar-refractivity contribution is 5.94. The highest BCUT2D eigenvalue weighted by Crippen LogP contribution is 2.24. The zero-order chi connectivity index (χ0) is 14.6. The van der Waals surface area contributed by atoms with Crippen LogP contribution in [-0.2, 0) is 14.4 Å². The molecule has 1 aliphatic rings. The molecular weight excluding hydrogens is 258 g/mol. The van der Waals surface area contributed by atoms with Gasteiger partial charge in [0.15, 0.2) is 0 Å².